The Bertz CT molecular complexity index is 852. The Kier molecular flexibility index (Phi) is 6.29. The molecular weight excluding hydrogens is 362 g/mol. The number of anilines is 1. The number of rotatable bonds is 5. The number of hydrogen-bond donors (Lipinski definition) is 1. The third-order valence-electron chi connectivity index (χ3n) is 4.59. The first-order valence-electron chi connectivity index (χ1n) is 8.98. The molecule has 1 heterocycles. The van der Waals surface area contributed by atoms with Gasteiger partial charge in [-0.05, 0) is 55.0 Å². The molecule has 0 atom stereocenters. The quantitative estimate of drug-likeness (QED) is 0.469. The van der Waals surface area contributed by atoms with E-state index in [0.717, 1.165) is 49.0 Å². The van der Waals surface area contributed by atoms with Gasteiger partial charge in [-0.2, -0.15) is 0 Å². The zero-order valence-corrected chi connectivity index (χ0v) is 16.4. The fraction of sp³-hybridized carbons (Fsp3) is 0.333. The van der Waals surface area contributed by atoms with E-state index in [4.69, 9.17) is 9.47 Å². The highest BCUT2D eigenvalue weighted by molar-refractivity contribution is 7.17. The van der Waals surface area contributed by atoms with Gasteiger partial charge in [0.25, 0.3) is 0 Å². The zero-order valence-electron chi connectivity index (χ0n) is 15.5. The van der Waals surface area contributed by atoms with E-state index in [1.54, 1.807) is 13.2 Å². The van der Waals surface area contributed by atoms with Gasteiger partial charge in [-0.15, -0.1) is 11.3 Å². The predicted molar refractivity (Wildman–Crippen MR) is 108 cm³/mol. The molecule has 0 radical (unpaired) electrons. The second-order valence-electron chi connectivity index (χ2n) is 6.36. The summed E-state index contributed by atoms with van der Waals surface area (Å²) in [5.41, 5.74) is 2.45. The molecule has 0 aliphatic heterocycles. The van der Waals surface area contributed by atoms with Gasteiger partial charge in [0.1, 0.15) is 10.8 Å². The van der Waals surface area contributed by atoms with Crippen LogP contribution in [-0.2, 0) is 22.4 Å². The normalized spacial score (nSPS) is 13.7. The molecule has 27 heavy (non-hydrogen) atoms. The number of nitrogens with one attached hydrogen (secondary N) is 1. The van der Waals surface area contributed by atoms with Crippen LogP contribution in [0.1, 0.15) is 45.6 Å². The van der Waals surface area contributed by atoms with Crippen molar-refractivity contribution in [1.82, 2.24) is 0 Å². The predicted octanol–water partition coefficient (Wildman–Crippen LogP) is 4.46. The molecule has 0 saturated carbocycles. The first-order chi connectivity index (χ1) is 13.1. The average Bonchev–Trinajstić information content (AvgIpc) is 2.86. The van der Waals surface area contributed by atoms with Crippen LogP contribution in [0.4, 0.5) is 5.00 Å². The number of carbonyl (C=O) groups is 2. The molecule has 1 N–H and O–H groups in total. The summed E-state index contributed by atoms with van der Waals surface area (Å²) in [4.78, 5) is 25.9. The maximum absolute atomic E-state index is 12.4. The first kappa shape index (κ1) is 19.2. The highest BCUT2D eigenvalue weighted by Gasteiger charge is 2.25. The number of hydrogen-bond acceptors (Lipinski definition) is 5. The maximum atomic E-state index is 12.4. The molecule has 0 saturated heterocycles. The van der Waals surface area contributed by atoms with Crippen LogP contribution in [0, 0.1) is 0 Å². The smallest absolute Gasteiger partial charge is 0.341 e. The Morgan fingerprint density at radius 3 is 2.52 bits per heavy atom. The summed E-state index contributed by atoms with van der Waals surface area (Å²) in [6.07, 6.45) is 8.32. The third-order valence-corrected chi connectivity index (χ3v) is 5.80. The lowest BCUT2D eigenvalue weighted by molar-refractivity contribution is -0.111. The van der Waals surface area contributed by atoms with Gasteiger partial charge < -0.3 is 14.8 Å². The Hall–Kier alpha value is -2.60. The second-order valence-corrected chi connectivity index (χ2v) is 7.46. The number of carbonyl (C=O) groups excluding carboxylic acids is 2. The van der Waals surface area contributed by atoms with Crippen molar-refractivity contribution in [2.24, 2.45) is 0 Å². The number of esters is 1. The summed E-state index contributed by atoms with van der Waals surface area (Å²) >= 11 is 1.49. The summed E-state index contributed by atoms with van der Waals surface area (Å²) in [7, 11) is 2.98. The Labute approximate surface area is 163 Å². The lowest BCUT2D eigenvalue weighted by Gasteiger charge is -2.06. The van der Waals surface area contributed by atoms with E-state index in [2.05, 4.69) is 5.32 Å². The summed E-state index contributed by atoms with van der Waals surface area (Å²) in [6.45, 7) is 0. The third kappa shape index (κ3) is 4.57. The molecule has 0 fully saturated rings. The Morgan fingerprint density at radius 1 is 1.07 bits per heavy atom. The molecule has 1 aliphatic carbocycles. The summed E-state index contributed by atoms with van der Waals surface area (Å²) in [6, 6.07) is 7.41. The lowest BCUT2D eigenvalue weighted by Crippen LogP contribution is -2.12. The van der Waals surface area contributed by atoms with Gasteiger partial charge in [-0.3, -0.25) is 4.79 Å². The SMILES string of the molecule is COC(=O)c1c(NC(=O)C=Cc2ccc(OC)cc2)sc2c1CCCCC2. The average molecular weight is 385 g/mol. The largest absolute Gasteiger partial charge is 0.497 e. The minimum absolute atomic E-state index is 0.271. The number of ether oxygens (including phenoxy) is 2. The molecule has 5 nitrogen and oxygen atoms in total. The molecule has 142 valence electrons. The van der Waals surface area contributed by atoms with Crippen LogP contribution in [0.5, 0.6) is 5.75 Å². The molecule has 1 aromatic heterocycles. The van der Waals surface area contributed by atoms with Crippen molar-refractivity contribution in [3.05, 3.63) is 51.9 Å². The molecule has 0 unspecified atom stereocenters. The minimum Gasteiger partial charge on any atom is -0.497 e. The molecule has 6 heteroatoms. The highest BCUT2D eigenvalue weighted by atomic mass is 32.1. The summed E-state index contributed by atoms with van der Waals surface area (Å²) in [5, 5.41) is 3.45. The molecule has 2 aromatic rings. The fourth-order valence-electron chi connectivity index (χ4n) is 3.19. The van der Waals surface area contributed by atoms with Crippen LogP contribution in [-0.4, -0.2) is 26.1 Å². The summed E-state index contributed by atoms with van der Waals surface area (Å²) in [5.74, 6) is 0.107. The number of methoxy groups -OCH3 is 2. The summed E-state index contributed by atoms with van der Waals surface area (Å²) < 4.78 is 10.1. The van der Waals surface area contributed by atoms with Gasteiger partial charge in [-0.1, -0.05) is 18.6 Å². The van der Waals surface area contributed by atoms with E-state index < -0.39 is 0 Å². The molecule has 1 aromatic carbocycles. The van der Waals surface area contributed by atoms with Crippen LogP contribution < -0.4 is 10.1 Å². The van der Waals surface area contributed by atoms with Crippen LogP contribution >= 0.6 is 11.3 Å². The van der Waals surface area contributed by atoms with Gasteiger partial charge in [0.05, 0.1) is 19.8 Å². The number of fused-ring (bicyclic) bond motifs is 1. The fourth-order valence-corrected chi connectivity index (χ4v) is 4.47. The molecule has 0 bridgehead atoms. The number of benzene rings is 1. The minimum atomic E-state index is -0.385. The highest BCUT2D eigenvalue weighted by Crippen LogP contribution is 2.37. The van der Waals surface area contributed by atoms with E-state index in [9.17, 15) is 9.59 Å². The van der Waals surface area contributed by atoms with E-state index in [-0.39, 0.29) is 11.9 Å². The molecule has 0 spiro atoms. The zero-order chi connectivity index (χ0) is 19.2. The van der Waals surface area contributed by atoms with Crippen LogP contribution in [0.25, 0.3) is 6.08 Å². The number of aryl methyl sites for hydroxylation is 1. The van der Waals surface area contributed by atoms with Gasteiger partial charge >= 0.3 is 5.97 Å². The first-order valence-corrected chi connectivity index (χ1v) is 9.80. The van der Waals surface area contributed by atoms with Crippen LogP contribution in [0.2, 0.25) is 0 Å². The maximum Gasteiger partial charge on any atom is 0.341 e. The van der Waals surface area contributed by atoms with E-state index in [1.165, 1.54) is 29.4 Å². The lowest BCUT2D eigenvalue weighted by atomic mass is 10.1. The van der Waals surface area contributed by atoms with Gasteiger partial charge in [0.2, 0.25) is 5.91 Å². The Balaban J connectivity index is 1.78. The van der Waals surface area contributed by atoms with Crippen molar-refractivity contribution in [3.63, 3.8) is 0 Å². The molecule has 1 aliphatic rings. The molecule has 1 amide bonds. The van der Waals surface area contributed by atoms with Crippen molar-refractivity contribution in [2.75, 3.05) is 19.5 Å². The van der Waals surface area contributed by atoms with Crippen LogP contribution in [0.15, 0.2) is 30.3 Å². The van der Waals surface area contributed by atoms with Crippen LogP contribution in [0.3, 0.4) is 0 Å². The molecular formula is C21H23NO4S. The van der Waals surface area contributed by atoms with Gasteiger partial charge in [0.15, 0.2) is 0 Å². The second kappa shape index (κ2) is 8.86. The number of thiophene rings is 1. The van der Waals surface area contributed by atoms with Crippen molar-refractivity contribution >= 4 is 34.3 Å². The van der Waals surface area contributed by atoms with Crippen molar-refractivity contribution in [1.29, 1.82) is 0 Å². The monoisotopic (exact) mass is 385 g/mol. The van der Waals surface area contributed by atoms with E-state index >= 15 is 0 Å². The number of amides is 1. The van der Waals surface area contributed by atoms with Crippen molar-refractivity contribution < 1.29 is 19.1 Å². The molecule has 3 rings (SSSR count). The van der Waals surface area contributed by atoms with E-state index in [0.29, 0.717) is 10.6 Å². The Morgan fingerprint density at radius 2 is 1.81 bits per heavy atom. The van der Waals surface area contributed by atoms with Crippen molar-refractivity contribution in [3.8, 4) is 5.75 Å². The van der Waals surface area contributed by atoms with E-state index in [1.807, 2.05) is 24.3 Å². The van der Waals surface area contributed by atoms with Crippen molar-refractivity contribution in [2.45, 2.75) is 32.1 Å². The standard InChI is InChI=1S/C21H23NO4S/c1-25-15-11-8-14(9-12-15)10-13-18(23)22-20-19(21(24)26-2)16-6-4-3-5-7-17(16)27-20/h8-13H,3-7H2,1-2H3,(H,22,23). The van der Waals surface area contributed by atoms with Gasteiger partial charge in [0, 0.05) is 11.0 Å². The topological polar surface area (TPSA) is 64.6 Å². The van der Waals surface area contributed by atoms with Gasteiger partial charge in [-0.25, -0.2) is 4.79 Å².